The molecule has 2 N–H and O–H groups in total. The normalized spacial score (nSPS) is 16.3. The average Bonchev–Trinajstić information content (AvgIpc) is 0.794. The Balaban J connectivity index is 0.000000249. The minimum Gasteiger partial charge on any atom is -0.396 e. The number of amides is 4. The largest absolute Gasteiger partial charge is 0.396 e. The number of piperazine rings is 5. The number of pyridine rings is 5. The van der Waals surface area contributed by atoms with E-state index in [-0.39, 0.29) is 112 Å². The van der Waals surface area contributed by atoms with Crippen molar-refractivity contribution in [1.29, 1.82) is 0 Å². The second kappa shape index (κ2) is 61.1. The van der Waals surface area contributed by atoms with Crippen molar-refractivity contribution in [3.8, 4) is 0 Å². The van der Waals surface area contributed by atoms with Crippen LogP contribution in [0.4, 0.5) is 61.9 Å². The number of halogens is 1. The van der Waals surface area contributed by atoms with E-state index < -0.39 is 41.7 Å². The number of aryl methyl sites for hydroxylation is 1. The van der Waals surface area contributed by atoms with Gasteiger partial charge in [-0.1, -0.05) is 73.1 Å². The third-order valence-electron chi connectivity index (χ3n) is 25.5. The van der Waals surface area contributed by atoms with Crippen molar-refractivity contribution in [2.45, 2.75) is 175 Å². The number of fused-ring (bicyclic) bond motifs is 5. The van der Waals surface area contributed by atoms with Crippen LogP contribution in [0.1, 0.15) is 139 Å². The van der Waals surface area contributed by atoms with Crippen molar-refractivity contribution in [3.05, 3.63) is 232 Å². The molecule has 4 amide bonds. The fourth-order valence-corrected chi connectivity index (χ4v) is 18.9. The molecule has 5 fully saturated rings. The second-order valence-electron chi connectivity index (χ2n) is 35.6. The van der Waals surface area contributed by atoms with Crippen LogP contribution in [0.2, 0.25) is 0 Å². The number of carbonyl (C=O) groups excluding carboxylic acids is 6. The highest BCUT2D eigenvalue weighted by Gasteiger charge is 2.34. The van der Waals surface area contributed by atoms with Gasteiger partial charge in [-0.2, -0.15) is 8.42 Å². The summed E-state index contributed by atoms with van der Waals surface area (Å²) in [7, 11) is -0.380. The molecule has 0 spiro atoms. The number of carbonyl (C=O) groups is 6. The predicted octanol–water partition coefficient (Wildman–Crippen LogP) is 16.2. The lowest BCUT2D eigenvalue weighted by Gasteiger charge is -2.41. The Labute approximate surface area is 872 Å². The van der Waals surface area contributed by atoms with Crippen LogP contribution in [0.25, 0.3) is 54.5 Å². The van der Waals surface area contributed by atoms with Crippen molar-refractivity contribution < 1.29 is 89.7 Å². The number of ether oxygens (including phenoxy) is 3. The van der Waals surface area contributed by atoms with Crippen LogP contribution in [0.15, 0.2) is 181 Å². The Kier molecular flexibility index (Phi) is 49.7. The van der Waals surface area contributed by atoms with Crippen LogP contribution in [0.3, 0.4) is 0 Å². The molecular weight excluding hydrogens is 1960 g/mol. The van der Waals surface area contributed by atoms with E-state index in [1.165, 1.54) is 87.4 Å². The van der Waals surface area contributed by atoms with Gasteiger partial charge in [-0.15, -0.1) is 0 Å². The fraction of sp³-hybridized carbons (Fsp3) is 0.457. The summed E-state index contributed by atoms with van der Waals surface area (Å²) in [4.78, 5) is 158. The van der Waals surface area contributed by atoms with E-state index in [9.17, 15) is 92.1 Å². The third kappa shape index (κ3) is 35.4. The first-order valence-electron chi connectivity index (χ1n) is 48.3. The van der Waals surface area contributed by atoms with Gasteiger partial charge in [-0.25, -0.2) is 24.9 Å². The molecule has 5 aliphatic heterocycles. The lowest BCUT2D eigenvalue weighted by molar-refractivity contribution is -0.384. The molecule has 11 aromatic rings. The number of aromatic nitrogens is 5. The van der Waals surface area contributed by atoms with E-state index in [4.69, 9.17) is 28.7 Å². The molecule has 6 aromatic carbocycles. The number of nitrogens with zero attached hydrogens (tertiary/aromatic N) is 19. The van der Waals surface area contributed by atoms with E-state index >= 15 is 0 Å². The second-order valence-corrected chi connectivity index (χ2v) is 37.2. The summed E-state index contributed by atoms with van der Waals surface area (Å²) in [5.74, 6) is 2.92. The van der Waals surface area contributed by atoms with E-state index in [0.29, 0.717) is 143 Å². The summed E-state index contributed by atoms with van der Waals surface area (Å²) in [6.45, 7) is 15.7. The lowest BCUT2D eigenvalue weighted by Crippen LogP contribution is -2.53. The predicted molar refractivity (Wildman–Crippen MR) is 576 cm³/mol. The van der Waals surface area contributed by atoms with Gasteiger partial charge in [-0.05, 0) is 174 Å². The van der Waals surface area contributed by atoms with E-state index in [1.54, 1.807) is 89.6 Å². The molecule has 5 aromatic heterocycles. The van der Waals surface area contributed by atoms with Crippen LogP contribution < -0.4 is 29.8 Å². The number of hydrogen-bond donors (Lipinski definition) is 2. The van der Waals surface area contributed by atoms with Crippen LogP contribution in [-0.2, 0) is 57.3 Å². The Hall–Kier alpha value is -14.9. The topological polar surface area (TPSA) is 515 Å². The third-order valence-corrected chi connectivity index (χ3v) is 26.8. The molecule has 10 heterocycles. The lowest BCUT2D eigenvalue weighted by atomic mass is 10.0. The summed E-state index contributed by atoms with van der Waals surface area (Å²) in [5, 5.41) is 70.9. The molecule has 43 nitrogen and oxygen atoms in total. The Bertz CT molecular complexity index is 6290. The van der Waals surface area contributed by atoms with E-state index in [0.717, 1.165) is 166 Å². The van der Waals surface area contributed by atoms with Crippen molar-refractivity contribution in [1.82, 2.24) is 49.8 Å². The summed E-state index contributed by atoms with van der Waals surface area (Å²) in [6, 6.07) is 49.1. The average molecular weight is 2100 g/mol. The number of unbranched alkanes of at least 4 members (excludes halogenated alkanes) is 4. The van der Waals surface area contributed by atoms with Crippen molar-refractivity contribution >= 4 is 160 Å². The molecule has 0 radical (unpaired) electrons. The zero-order chi connectivity index (χ0) is 105. The van der Waals surface area contributed by atoms with Crippen molar-refractivity contribution in [2.24, 2.45) is 0 Å². The minimum atomic E-state index is -3.84. The number of esters is 2. The molecule has 0 aliphatic carbocycles. The summed E-state index contributed by atoms with van der Waals surface area (Å²) in [5.41, 5.74) is 4.74. The van der Waals surface area contributed by atoms with Gasteiger partial charge in [0, 0.05) is 264 Å². The number of aliphatic hydroxyl groups excluding tert-OH is 1. The Morgan fingerprint density at radius 2 is 0.673 bits per heavy atom. The molecule has 45 heteroatoms. The number of nitrogens with one attached hydrogen (secondary N) is 1. The summed E-state index contributed by atoms with van der Waals surface area (Å²) >= 11 is 0. The number of benzene rings is 6. The number of non-ortho nitro benzene ring substituents is 5. The first kappa shape index (κ1) is 122. The van der Waals surface area contributed by atoms with Crippen LogP contribution in [0.5, 0.6) is 0 Å². The van der Waals surface area contributed by atoms with Gasteiger partial charge >= 0.3 is 11.9 Å². The fourth-order valence-electron chi connectivity index (χ4n) is 18.0. The first-order chi connectivity index (χ1) is 70.4. The van der Waals surface area contributed by atoms with Gasteiger partial charge in [0.2, 0.25) is 25.6 Å². The Morgan fingerprint density at radius 3 is 0.947 bits per heavy atom. The number of rotatable bonds is 38. The molecule has 0 bridgehead atoms. The highest BCUT2D eigenvalue weighted by atomic mass is 32.2. The summed E-state index contributed by atoms with van der Waals surface area (Å²) < 4.78 is 56.9. The number of nitro benzene ring substituents is 5. The minimum absolute atomic E-state index is 0. The van der Waals surface area contributed by atoms with Crippen molar-refractivity contribution in [3.63, 3.8) is 0 Å². The Morgan fingerprint density at radius 1 is 0.387 bits per heavy atom. The standard InChI is InChI=1S/C24H26N4O6S.C20H26N4O4.C19H26N4O3.C17H19FN4O3.C17H20N4O4.C4H6O3.4CH4/c1-18-4-8-22(9-5-18)35(32,33)34-14-2-3-21-16-26(17-29)12-13-27(21)24-11-6-19-15-20(28(30)31)7-10-23(19)25-24;1-28-12-4-2-3-5-18-14-22(15-25)10-11-23(18)20-9-6-16-13-17(24(26)27)7-8-19(16)21-20;1-26-12-4-2-3-5-17-14-20-10-11-22(17)19-9-6-15-13-16(23(24)25)7-8-18(15)21-19;18-7-1-2-15-11-20(12-23)8-9-21(15)17-6-3-13-10-14(22(24)25)4-5-16(13)19-17;22-9-1-2-15-11-19(12-23)7-8-20(15)17-6-3-13-10-14(21(24)25)4-5-16(13)18-17;1-3(5)7-4(2)6;;;;/h4-11,15,17,21H,2-3,12-14,16H2,1H3;6-9,13,15,18H,2-5,10-12,14H2,1H3;6-9,13,17,20H,2-5,10-12,14H2,1H3;3-6,10,12,15H,1-2,7-9,11H2;3-6,10,12,15,22H,1-2,7-9,11H2;1-2H3;4*1H4. The number of hydrogen-bond acceptors (Lipinski definition) is 34. The maximum atomic E-state index is 12.6. The van der Waals surface area contributed by atoms with Gasteiger partial charge in [0.25, 0.3) is 38.6 Å². The smallest absolute Gasteiger partial charge is 0.310 e. The number of alkyl halides is 1. The number of anilines is 5. The molecule has 5 saturated heterocycles. The molecule has 5 aliphatic rings. The SMILES string of the molecule is C.C.C.C.CC(=O)OC(C)=O.COCCCCCC1CN(C=O)CCN1c1ccc2cc([N+](=O)[O-])ccc2n1.COCCCCCC1CNCCN1c1ccc2cc([N+](=O)[O-])ccc2n1.Cc1ccc(S(=O)(=O)OCCCC2CN(C=O)CCN2c2ccc3cc([N+](=O)[O-])ccc3n2)cc1.O=CN1CCN(c2ccc3cc([N+](=O)[O-])ccc3n2)C(CCCF)C1.O=CN1CCN(c2ccc3cc([N+](=O)[O-])ccc3n2)C(CCCO)C1. The van der Waals surface area contributed by atoms with Crippen molar-refractivity contribution in [2.75, 3.05) is 170 Å². The molecule has 810 valence electrons. The quantitative estimate of drug-likeness (QED) is 0.00690. The number of nitro groups is 5. The van der Waals surface area contributed by atoms with Crippen LogP contribution in [-0.4, -0.2) is 296 Å². The van der Waals surface area contributed by atoms with E-state index in [2.05, 4.69) is 49.5 Å². The molecule has 16 rings (SSSR count). The molecule has 150 heavy (non-hydrogen) atoms. The maximum Gasteiger partial charge on any atom is 0.310 e. The molecule has 0 saturated carbocycles. The van der Waals surface area contributed by atoms with Gasteiger partial charge in [0.1, 0.15) is 29.1 Å². The number of aliphatic hydroxyl groups is 1. The zero-order valence-corrected chi connectivity index (χ0v) is 83.0. The van der Waals surface area contributed by atoms with E-state index in [1.807, 2.05) is 66.4 Å². The highest BCUT2D eigenvalue weighted by molar-refractivity contribution is 7.86. The number of methoxy groups -OCH3 is 2. The van der Waals surface area contributed by atoms with Crippen LogP contribution >= 0.6 is 0 Å². The first-order valence-corrected chi connectivity index (χ1v) is 49.7. The molecule has 5 unspecified atom stereocenters. The van der Waals surface area contributed by atoms with Gasteiger partial charge in [0.15, 0.2) is 0 Å². The maximum absolute atomic E-state index is 12.6. The molecule has 5 atom stereocenters. The molecular formula is C105H139FN20O23S. The van der Waals surface area contributed by atoms with Gasteiger partial charge in [0.05, 0.1) is 70.4 Å². The zero-order valence-electron chi connectivity index (χ0n) is 82.2. The van der Waals surface area contributed by atoms with Gasteiger partial charge in [-0.3, -0.25) is 87.9 Å². The van der Waals surface area contributed by atoms with Gasteiger partial charge < -0.3 is 68.7 Å². The monoisotopic (exact) mass is 2100 g/mol. The highest BCUT2D eigenvalue weighted by Crippen LogP contribution is 2.34. The van der Waals surface area contributed by atoms with Crippen LogP contribution in [0, 0.1) is 57.5 Å². The summed E-state index contributed by atoms with van der Waals surface area (Å²) in [6.07, 6.45) is 15.7.